The van der Waals surface area contributed by atoms with Gasteiger partial charge in [0, 0.05) is 41.5 Å². The molecule has 41 heavy (non-hydrogen) atoms. The molecule has 2 aliphatic heterocycles. The Morgan fingerprint density at radius 1 is 1.15 bits per heavy atom. The first-order chi connectivity index (χ1) is 19.7. The van der Waals surface area contributed by atoms with E-state index in [4.69, 9.17) is 16.3 Å². The van der Waals surface area contributed by atoms with Crippen LogP contribution in [0.25, 0.3) is 16.8 Å². The summed E-state index contributed by atoms with van der Waals surface area (Å²) in [6, 6.07) is 13.5. The number of halogens is 2. The lowest BCUT2D eigenvalue weighted by atomic mass is 9.91. The molecule has 0 spiro atoms. The van der Waals surface area contributed by atoms with Gasteiger partial charge in [-0.1, -0.05) is 37.1 Å². The minimum atomic E-state index is -0.623. The molecule has 8 nitrogen and oxygen atoms in total. The van der Waals surface area contributed by atoms with Crippen LogP contribution in [0, 0.1) is 11.7 Å². The molecular weight excluding hydrogens is 547 g/mol. The number of aromatic nitrogens is 1. The molecule has 0 saturated heterocycles. The first-order valence-electron chi connectivity index (χ1n) is 13.5. The molecule has 3 aromatic rings. The molecule has 2 N–H and O–H groups in total. The number of benzene rings is 2. The van der Waals surface area contributed by atoms with Crippen molar-refractivity contribution in [2.75, 3.05) is 24.3 Å². The van der Waals surface area contributed by atoms with Gasteiger partial charge < -0.3 is 15.0 Å². The second-order valence-electron chi connectivity index (χ2n) is 10.2. The fraction of sp³-hybridized carbons (Fsp3) is 0.290. The molecule has 0 fully saturated rings. The quantitative estimate of drug-likeness (QED) is 0.356. The highest BCUT2D eigenvalue weighted by Crippen LogP contribution is 2.37. The number of nitrogens with one attached hydrogen (secondary N) is 2. The molecule has 0 saturated carbocycles. The van der Waals surface area contributed by atoms with Gasteiger partial charge in [0.25, 0.3) is 0 Å². The number of ether oxygens (including phenoxy) is 1. The maximum absolute atomic E-state index is 14.7. The molecular formula is C31H30ClFN4O4. The van der Waals surface area contributed by atoms with E-state index in [-0.39, 0.29) is 28.8 Å². The molecule has 2 aromatic carbocycles. The smallest absolute Gasteiger partial charge is 0.411 e. The maximum atomic E-state index is 14.7. The Morgan fingerprint density at radius 2 is 1.98 bits per heavy atom. The zero-order chi connectivity index (χ0) is 29.1. The van der Waals surface area contributed by atoms with Gasteiger partial charge in [0.1, 0.15) is 5.82 Å². The summed E-state index contributed by atoms with van der Waals surface area (Å²) in [6.07, 6.45) is 5.02. The van der Waals surface area contributed by atoms with Crippen LogP contribution in [0.2, 0.25) is 5.02 Å². The number of rotatable bonds is 3. The number of fused-ring (bicyclic) bond motifs is 4. The van der Waals surface area contributed by atoms with Crippen molar-refractivity contribution in [3.8, 4) is 11.3 Å². The first-order valence-corrected chi connectivity index (χ1v) is 13.8. The Hall–Kier alpha value is -4.24. The van der Waals surface area contributed by atoms with Crippen LogP contribution in [0.1, 0.15) is 49.8 Å². The molecule has 0 radical (unpaired) electrons. The van der Waals surface area contributed by atoms with Crippen LogP contribution in [-0.4, -0.2) is 41.4 Å². The van der Waals surface area contributed by atoms with Gasteiger partial charge in [0.05, 0.1) is 29.6 Å². The normalized spacial score (nSPS) is 19.2. The van der Waals surface area contributed by atoms with Gasteiger partial charge in [0.2, 0.25) is 11.8 Å². The van der Waals surface area contributed by atoms with Crippen molar-refractivity contribution in [3.63, 3.8) is 0 Å². The van der Waals surface area contributed by atoms with Crippen LogP contribution < -0.4 is 10.6 Å². The van der Waals surface area contributed by atoms with Gasteiger partial charge in [-0.15, -0.1) is 0 Å². The average molecular weight is 577 g/mol. The predicted molar refractivity (Wildman–Crippen MR) is 156 cm³/mol. The minimum absolute atomic E-state index is 0.0218. The highest BCUT2D eigenvalue weighted by Gasteiger charge is 2.30. The molecule has 212 valence electrons. The van der Waals surface area contributed by atoms with Crippen molar-refractivity contribution in [2.45, 2.75) is 38.6 Å². The molecule has 2 unspecified atom stereocenters. The van der Waals surface area contributed by atoms with Crippen molar-refractivity contribution >= 4 is 46.5 Å². The third kappa shape index (κ3) is 6.10. The summed E-state index contributed by atoms with van der Waals surface area (Å²) in [5.41, 5.74) is 4.12. The SMILES string of the molecule is COC(=O)Nc1ccc2c(c1)NC(=O)C(C)CCCC(N1CCC(c3cccc(Cl)c3F)=CC1=O)c1ccnc-2c1. The highest BCUT2D eigenvalue weighted by atomic mass is 35.5. The lowest BCUT2D eigenvalue weighted by Crippen LogP contribution is -2.37. The van der Waals surface area contributed by atoms with E-state index in [1.54, 1.807) is 36.5 Å². The third-order valence-corrected chi connectivity index (χ3v) is 7.88. The zero-order valence-corrected chi connectivity index (χ0v) is 23.5. The molecule has 10 heteroatoms. The Morgan fingerprint density at radius 3 is 2.76 bits per heavy atom. The topological polar surface area (TPSA) is 101 Å². The number of hydrogen-bond donors (Lipinski definition) is 2. The van der Waals surface area contributed by atoms with E-state index in [0.29, 0.717) is 66.0 Å². The number of nitrogens with zero attached hydrogens (tertiary/aromatic N) is 2. The highest BCUT2D eigenvalue weighted by molar-refractivity contribution is 6.31. The summed E-state index contributed by atoms with van der Waals surface area (Å²) < 4.78 is 19.4. The Kier molecular flexibility index (Phi) is 8.35. The van der Waals surface area contributed by atoms with Crippen LogP contribution >= 0.6 is 11.6 Å². The van der Waals surface area contributed by atoms with Gasteiger partial charge in [-0.25, -0.2) is 9.18 Å². The van der Waals surface area contributed by atoms with E-state index in [1.807, 2.05) is 24.0 Å². The lowest BCUT2D eigenvalue weighted by Gasteiger charge is -2.35. The molecule has 2 atom stereocenters. The second kappa shape index (κ2) is 12.1. The third-order valence-electron chi connectivity index (χ3n) is 7.59. The van der Waals surface area contributed by atoms with Crippen molar-refractivity contribution < 1.29 is 23.5 Å². The maximum Gasteiger partial charge on any atom is 0.411 e. The van der Waals surface area contributed by atoms with E-state index in [1.165, 1.54) is 19.3 Å². The molecule has 2 aliphatic rings. The number of carbonyl (C=O) groups is 3. The summed E-state index contributed by atoms with van der Waals surface area (Å²) in [5.74, 6) is -1.17. The molecule has 3 amide bonds. The number of methoxy groups -OCH3 is 1. The zero-order valence-electron chi connectivity index (χ0n) is 22.7. The molecule has 5 rings (SSSR count). The lowest BCUT2D eigenvalue weighted by molar-refractivity contribution is -0.129. The number of hydrogen-bond acceptors (Lipinski definition) is 5. The van der Waals surface area contributed by atoms with Crippen molar-refractivity contribution in [1.82, 2.24) is 9.88 Å². The van der Waals surface area contributed by atoms with Crippen LogP contribution in [0.3, 0.4) is 0 Å². The van der Waals surface area contributed by atoms with Gasteiger partial charge in [-0.3, -0.25) is 19.9 Å². The van der Waals surface area contributed by atoms with Gasteiger partial charge in [-0.05, 0) is 66.8 Å². The van der Waals surface area contributed by atoms with Crippen molar-refractivity contribution in [2.24, 2.45) is 5.92 Å². The number of amides is 3. The summed E-state index contributed by atoms with van der Waals surface area (Å²) in [6.45, 7) is 2.28. The molecule has 3 heterocycles. The van der Waals surface area contributed by atoms with E-state index in [9.17, 15) is 18.8 Å². The largest absolute Gasteiger partial charge is 0.453 e. The number of pyridine rings is 1. The molecule has 0 aliphatic carbocycles. The van der Waals surface area contributed by atoms with Gasteiger partial charge in [0.15, 0.2) is 0 Å². The minimum Gasteiger partial charge on any atom is -0.453 e. The first kappa shape index (κ1) is 28.3. The average Bonchev–Trinajstić information content (AvgIpc) is 2.96. The molecule has 1 aromatic heterocycles. The summed E-state index contributed by atoms with van der Waals surface area (Å²) in [4.78, 5) is 44.7. The Balaban J connectivity index is 1.51. The van der Waals surface area contributed by atoms with Gasteiger partial charge >= 0.3 is 6.09 Å². The Bertz CT molecular complexity index is 1540. The van der Waals surface area contributed by atoms with Crippen LogP contribution in [0.4, 0.5) is 20.6 Å². The summed E-state index contributed by atoms with van der Waals surface area (Å²) >= 11 is 5.98. The van der Waals surface area contributed by atoms with Crippen molar-refractivity contribution in [3.05, 3.63) is 82.8 Å². The van der Waals surface area contributed by atoms with Crippen LogP contribution in [-0.2, 0) is 14.3 Å². The van der Waals surface area contributed by atoms with Crippen LogP contribution in [0.15, 0.2) is 60.8 Å². The fourth-order valence-electron chi connectivity index (χ4n) is 5.35. The summed E-state index contributed by atoms with van der Waals surface area (Å²) in [5, 5.41) is 5.64. The number of carbonyl (C=O) groups excluding carboxylic acids is 3. The molecule has 2 bridgehead atoms. The van der Waals surface area contributed by atoms with Crippen molar-refractivity contribution in [1.29, 1.82) is 0 Å². The monoisotopic (exact) mass is 576 g/mol. The fourth-order valence-corrected chi connectivity index (χ4v) is 5.53. The number of anilines is 2. The van der Waals surface area contributed by atoms with E-state index < -0.39 is 11.9 Å². The van der Waals surface area contributed by atoms with E-state index in [0.717, 1.165) is 5.56 Å². The standard InChI is InChI=1S/C31H30ClFN4O4/c1-18-5-3-8-27(37-14-12-19(16-28(37)38)22-6-4-7-24(32)29(22)33)20-11-13-34-25(15-20)23-10-9-21(35-31(40)41-2)17-26(23)36-30(18)39/h4,6-7,9-11,13,15-18,27H,3,5,8,12,14H2,1-2H3,(H,35,40)(H,36,39). The Labute approximate surface area is 242 Å². The van der Waals surface area contributed by atoms with E-state index >= 15 is 0 Å². The van der Waals surface area contributed by atoms with E-state index in [2.05, 4.69) is 15.6 Å². The van der Waals surface area contributed by atoms with Crippen LogP contribution in [0.5, 0.6) is 0 Å². The second-order valence-corrected chi connectivity index (χ2v) is 10.6. The van der Waals surface area contributed by atoms with Gasteiger partial charge in [-0.2, -0.15) is 0 Å². The predicted octanol–water partition coefficient (Wildman–Crippen LogP) is 6.83. The summed E-state index contributed by atoms with van der Waals surface area (Å²) in [7, 11) is 1.28.